The number of halogens is 1. The molecule has 150 valence electrons. The van der Waals surface area contributed by atoms with Gasteiger partial charge in [0, 0.05) is 31.9 Å². The van der Waals surface area contributed by atoms with Gasteiger partial charge in [0.05, 0.1) is 12.0 Å². The van der Waals surface area contributed by atoms with Crippen molar-refractivity contribution in [2.24, 2.45) is 0 Å². The fourth-order valence-electron chi connectivity index (χ4n) is 3.38. The van der Waals surface area contributed by atoms with Crippen molar-refractivity contribution in [3.63, 3.8) is 0 Å². The van der Waals surface area contributed by atoms with Crippen molar-refractivity contribution in [2.75, 3.05) is 38.0 Å². The molecular formula is C22H28ClN3O2. The van der Waals surface area contributed by atoms with Gasteiger partial charge in [0.1, 0.15) is 0 Å². The Morgan fingerprint density at radius 1 is 0.857 bits per heavy atom. The number of nitrogens with zero attached hydrogens (tertiary/aromatic N) is 2. The minimum Gasteiger partial charge on any atom is -0.376 e. The smallest absolute Gasteiger partial charge is 0.241 e. The molecule has 2 aromatic carbocycles. The Kier molecular flexibility index (Phi) is 7.46. The minimum absolute atomic E-state index is 0. The Balaban J connectivity index is 0.00000280. The summed E-state index contributed by atoms with van der Waals surface area (Å²) in [6.07, 6.45) is 0. The van der Waals surface area contributed by atoms with Crippen molar-refractivity contribution in [2.45, 2.75) is 19.3 Å². The zero-order valence-corrected chi connectivity index (χ0v) is 17.2. The number of rotatable bonds is 5. The molecule has 0 atom stereocenters. The SMILES string of the molecule is CC(C)(C(=O)N1CCN(C(=O)CNc2ccccc2)CC1)c1ccccc1.Cl. The van der Waals surface area contributed by atoms with E-state index in [0.29, 0.717) is 26.2 Å². The lowest BCUT2D eigenvalue weighted by Gasteiger charge is -2.38. The van der Waals surface area contributed by atoms with Crippen LogP contribution >= 0.6 is 12.4 Å². The van der Waals surface area contributed by atoms with Gasteiger partial charge >= 0.3 is 0 Å². The van der Waals surface area contributed by atoms with Gasteiger partial charge in [-0.25, -0.2) is 0 Å². The van der Waals surface area contributed by atoms with Crippen molar-refractivity contribution >= 4 is 29.9 Å². The van der Waals surface area contributed by atoms with Crippen LogP contribution in [0.1, 0.15) is 19.4 Å². The molecule has 3 rings (SSSR count). The molecule has 0 aromatic heterocycles. The monoisotopic (exact) mass is 401 g/mol. The third kappa shape index (κ3) is 5.04. The van der Waals surface area contributed by atoms with Crippen LogP contribution in [0.15, 0.2) is 60.7 Å². The summed E-state index contributed by atoms with van der Waals surface area (Å²) in [7, 11) is 0. The number of carbonyl (C=O) groups is 2. The van der Waals surface area contributed by atoms with E-state index in [0.717, 1.165) is 11.3 Å². The van der Waals surface area contributed by atoms with Gasteiger partial charge in [0.15, 0.2) is 0 Å². The first kappa shape index (κ1) is 21.8. The first-order valence-electron chi connectivity index (χ1n) is 9.40. The second kappa shape index (κ2) is 9.60. The Hall–Kier alpha value is -2.53. The first-order valence-corrected chi connectivity index (χ1v) is 9.40. The van der Waals surface area contributed by atoms with Crippen LogP contribution in [0.4, 0.5) is 5.69 Å². The third-order valence-electron chi connectivity index (χ3n) is 5.17. The fraction of sp³-hybridized carbons (Fsp3) is 0.364. The van der Waals surface area contributed by atoms with Crippen LogP contribution in [-0.2, 0) is 15.0 Å². The predicted molar refractivity (Wildman–Crippen MR) is 115 cm³/mol. The maximum atomic E-state index is 13.0. The van der Waals surface area contributed by atoms with E-state index < -0.39 is 5.41 Å². The number of amides is 2. The fourth-order valence-corrected chi connectivity index (χ4v) is 3.38. The molecule has 0 saturated carbocycles. The summed E-state index contributed by atoms with van der Waals surface area (Å²) in [4.78, 5) is 29.1. The number of piperazine rings is 1. The minimum atomic E-state index is -0.567. The van der Waals surface area contributed by atoms with E-state index in [2.05, 4.69) is 5.32 Å². The molecule has 1 heterocycles. The van der Waals surface area contributed by atoms with E-state index in [-0.39, 0.29) is 30.8 Å². The van der Waals surface area contributed by atoms with Crippen molar-refractivity contribution in [3.05, 3.63) is 66.2 Å². The summed E-state index contributed by atoms with van der Waals surface area (Å²) in [5.74, 6) is 0.177. The van der Waals surface area contributed by atoms with Crippen molar-refractivity contribution in [1.29, 1.82) is 0 Å². The Morgan fingerprint density at radius 3 is 1.93 bits per heavy atom. The molecule has 0 radical (unpaired) electrons. The van der Waals surface area contributed by atoms with Gasteiger partial charge in [-0.15, -0.1) is 12.4 Å². The lowest BCUT2D eigenvalue weighted by molar-refractivity contribution is -0.142. The van der Waals surface area contributed by atoms with Crippen molar-refractivity contribution in [3.8, 4) is 0 Å². The number of nitrogens with one attached hydrogen (secondary N) is 1. The van der Waals surface area contributed by atoms with Crippen LogP contribution in [0.2, 0.25) is 0 Å². The quantitative estimate of drug-likeness (QED) is 0.837. The van der Waals surface area contributed by atoms with E-state index in [1.165, 1.54) is 0 Å². The molecule has 5 nitrogen and oxygen atoms in total. The Labute approximate surface area is 173 Å². The number of benzene rings is 2. The highest BCUT2D eigenvalue weighted by molar-refractivity contribution is 5.88. The second-order valence-electron chi connectivity index (χ2n) is 7.38. The molecule has 1 N–H and O–H groups in total. The molecule has 2 aromatic rings. The highest BCUT2D eigenvalue weighted by Crippen LogP contribution is 2.26. The Bertz CT molecular complexity index is 773. The maximum absolute atomic E-state index is 13.0. The summed E-state index contributed by atoms with van der Waals surface area (Å²) in [6.45, 7) is 6.50. The maximum Gasteiger partial charge on any atom is 0.241 e. The van der Waals surface area contributed by atoms with Crippen LogP contribution in [0, 0.1) is 0 Å². The molecule has 0 unspecified atom stereocenters. The van der Waals surface area contributed by atoms with Crippen LogP contribution in [0.25, 0.3) is 0 Å². The topological polar surface area (TPSA) is 52.7 Å². The number of hydrogen-bond acceptors (Lipinski definition) is 3. The van der Waals surface area contributed by atoms with Crippen LogP contribution in [0.5, 0.6) is 0 Å². The number of para-hydroxylation sites is 1. The first-order chi connectivity index (χ1) is 13.0. The van der Waals surface area contributed by atoms with Gasteiger partial charge < -0.3 is 15.1 Å². The second-order valence-corrected chi connectivity index (χ2v) is 7.38. The average Bonchev–Trinajstić information content (AvgIpc) is 2.73. The molecule has 1 fully saturated rings. The summed E-state index contributed by atoms with van der Waals surface area (Å²) >= 11 is 0. The normalized spacial score (nSPS) is 14.2. The molecule has 0 spiro atoms. The van der Waals surface area contributed by atoms with Gasteiger partial charge in [-0.05, 0) is 31.5 Å². The van der Waals surface area contributed by atoms with Crippen LogP contribution < -0.4 is 5.32 Å². The zero-order chi connectivity index (χ0) is 19.3. The van der Waals surface area contributed by atoms with Gasteiger partial charge in [-0.1, -0.05) is 48.5 Å². The third-order valence-corrected chi connectivity index (χ3v) is 5.17. The van der Waals surface area contributed by atoms with Gasteiger partial charge in [-0.3, -0.25) is 9.59 Å². The molecular weight excluding hydrogens is 374 g/mol. The number of carbonyl (C=O) groups excluding carboxylic acids is 2. The highest BCUT2D eigenvalue weighted by Gasteiger charge is 2.35. The average molecular weight is 402 g/mol. The van der Waals surface area contributed by atoms with Crippen molar-refractivity contribution < 1.29 is 9.59 Å². The van der Waals surface area contributed by atoms with Gasteiger partial charge in [-0.2, -0.15) is 0 Å². The molecule has 6 heteroatoms. The molecule has 0 bridgehead atoms. The summed E-state index contributed by atoms with van der Waals surface area (Å²) in [6, 6.07) is 19.6. The summed E-state index contributed by atoms with van der Waals surface area (Å²) in [5, 5.41) is 3.15. The predicted octanol–water partition coefficient (Wildman–Crippen LogP) is 3.17. The molecule has 2 amide bonds. The van der Waals surface area contributed by atoms with E-state index in [1.807, 2.05) is 84.3 Å². The zero-order valence-electron chi connectivity index (χ0n) is 16.4. The van der Waals surface area contributed by atoms with Crippen LogP contribution in [0.3, 0.4) is 0 Å². The summed E-state index contributed by atoms with van der Waals surface area (Å²) < 4.78 is 0. The standard InChI is InChI=1S/C22H27N3O2.ClH/c1-22(2,18-9-5-3-6-10-18)21(27)25-15-13-24(14-16-25)20(26)17-23-19-11-7-4-8-12-19;/h3-12,23H,13-17H2,1-2H3;1H. The molecule has 1 aliphatic rings. The van der Waals surface area contributed by atoms with E-state index in [4.69, 9.17) is 0 Å². The van der Waals surface area contributed by atoms with Crippen molar-refractivity contribution in [1.82, 2.24) is 9.80 Å². The largest absolute Gasteiger partial charge is 0.376 e. The lowest BCUT2D eigenvalue weighted by atomic mass is 9.83. The van der Waals surface area contributed by atoms with E-state index >= 15 is 0 Å². The molecule has 0 aliphatic carbocycles. The lowest BCUT2D eigenvalue weighted by Crippen LogP contribution is -2.55. The van der Waals surface area contributed by atoms with E-state index in [9.17, 15) is 9.59 Å². The molecule has 1 aliphatic heterocycles. The van der Waals surface area contributed by atoms with Gasteiger partial charge in [0.2, 0.25) is 11.8 Å². The molecule has 28 heavy (non-hydrogen) atoms. The van der Waals surface area contributed by atoms with Gasteiger partial charge in [0.25, 0.3) is 0 Å². The number of anilines is 1. The molecule has 1 saturated heterocycles. The van der Waals surface area contributed by atoms with Crippen LogP contribution in [-0.4, -0.2) is 54.3 Å². The highest BCUT2D eigenvalue weighted by atomic mass is 35.5. The van der Waals surface area contributed by atoms with E-state index in [1.54, 1.807) is 0 Å². The number of hydrogen-bond donors (Lipinski definition) is 1. The Morgan fingerprint density at radius 2 is 1.36 bits per heavy atom. The summed E-state index contributed by atoms with van der Waals surface area (Å²) in [5.41, 5.74) is 1.38.